The molecule has 0 aliphatic carbocycles. The van der Waals surface area contributed by atoms with Gasteiger partial charge in [-0.15, -0.1) is 0 Å². The minimum atomic E-state index is 0.715. The molecule has 0 heterocycles. The fourth-order valence-electron chi connectivity index (χ4n) is 1.09. The molecule has 4 heteroatoms. The van der Waals surface area contributed by atoms with Gasteiger partial charge in [0.2, 0.25) is 0 Å². The van der Waals surface area contributed by atoms with Crippen LogP contribution in [0.2, 0.25) is 0 Å². The van der Waals surface area contributed by atoms with Crippen LogP contribution in [0.25, 0.3) is 0 Å². The van der Waals surface area contributed by atoms with E-state index in [1.54, 1.807) is 7.05 Å². The van der Waals surface area contributed by atoms with Crippen LogP contribution in [0.1, 0.15) is 20.3 Å². The lowest BCUT2D eigenvalue weighted by Gasteiger charge is -2.16. The van der Waals surface area contributed by atoms with Crippen LogP contribution in [0.4, 0.5) is 0 Å². The number of nitrogens with one attached hydrogen (secondary N) is 1. The molecular formula is C11H25N3O. The van der Waals surface area contributed by atoms with Crippen molar-refractivity contribution >= 4 is 5.96 Å². The zero-order chi connectivity index (χ0) is 11.7. The van der Waals surface area contributed by atoms with Crippen LogP contribution in [0.5, 0.6) is 0 Å². The van der Waals surface area contributed by atoms with Crippen molar-refractivity contribution in [3.63, 3.8) is 0 Å². The minimum absolute atomic E-state index is 0.715. The van der Waals surface area contributed by atoms with Gasteiger partial charge in [-0.25, -0.2) is 0 Å². The van der Waals surface area contributed by atoms with Gasteiger partial charge in [0.15, 0.2) is 5.96 Å². The molecule has 0 aromatic heterocycles. The number of aliphatic imine (C=N–C) groups is 1. The van der Waals surface area contributed by atoms with Gasteiger partial charge >= 0.3 is 0 Å². The maximum Gasteiger partial charge on any atom is 0.193 e. The first kappa shape index (κ1) is 14.2. The first-order chi connectivity index (χ1) is 7.07. The highest BCUT2D eigenvalue weighted by Crippen LogP contribution is 1.98. The summed E-state index contributed by atoms with van der Waals surface area (Å²) in [6.07, 6.45) is 1.13. The van der Waals surface area contributed by atoms with E-state index < -0.39 is 0 Å². The second kappa shape index (κ2) is 8.53. The van der Waals surface area contributed by atoms with Crippen LogP contribution >= 0.6 is 0 Å². The molecule has 0 atom stereocenters. The fourth-order valence-corrected chi connectivity index (χ4v) is 1.09. The first-order valence-corrected chi connectivity index (χ1v) is 5.53. The Morgan fingerprint density at radius 2 is 2.00 bits per heavy atom. The number of nitrogens with zero attached hydrogens (tertiary/aromatic N) is 2. The molecule has 0 bridgehead atoms. The molecule has 0 unspecified atom stereocenters. The van der Waals surface area contributed by atoms with E-state index in [9.17, 15) is 0 Å². The summed E-state index contributed by atoms with van der Waals surface area (Å²) in [6, 6.07) is 0. The Hall–Kier alpha value is -0.770. The molecule has 4 nitrogen and oxygen atoms in total. The average Bonchev–Trinajstić information content (AvgIpc) is 2.15. The smallest absolute Gasteiger partial charge is 0.193 e. The number of hydrogen-bond acceptors (Lipinski definition) is 2. The van der Waals surface area contributed by atoms with E-state index in [4.69, 9.17) is 4.74 Å². The normalized spacial score (nSPS) is 12.0. The molecule has 0 aromatic rings. The van der Waals surface area contributed by atoms with Gasteiger partial charge in [-0.2, -0.15) is 0 Å². The lowest BCUT2D eigenvalue weighted by Crippen LogP contribution is -2.38. The van der Waals surface area contributed by atoms with Gasteiger partial charge in [-0.3, -0.25) is 4.99 Å². The quantitative estimate of drug-likeness (QED) is 0.411. The van der Waals surface area contributed by atoms with Crippen LogP contribution < -0.4 is 5.32 Å². The molecule has 0 saturated carbocycles. The highest BCUT2D eigenvalue weighted by molar-refractivity contribution is 5.79. The van der Waals surface area contributed by atoms with Crippen LogP contribution in [0.15, 0.2) is 4.99 Å². The summed E-state index contributed by atoms with van der Waals surface area (Å²) >= 11 is 0. The standard InChI is InChI=1S/C11H25N3O/c1-10(2)6-8-15-9-7-13-11(12-3)14(4)5/h10H,6-9H2,1-5H3,(H,12,13). The van der Waals surface area contributed by atoms with Gasteiger partial charge in [0.1, 0.15) is 0 Å². The highest BCUT2D eigenvalue weighted by atomic mass is 16.5. The van der Waals surface area contributed by atoms with Crippen molar-refractivity contribution in [2.45, 2.75) is 20.3 Å². The van der Waals surface area contributed by atoms with Crippen molar-refractivity contribution in [2.75, 3.05) is 40.9 Å². The van der Waals surface area contributed by atoms with E-state index in [0.29, 0.717) is 5.92 Å². The predicted molar refractivity (Wildman–Crippen MR) is 65.3 cm³/mol. The fraction of sp³-hybridized carbons (Fsp3) is 0.909. The number of ether oxygens (including phenoxy) is 1. The minimum Gasteiger partial charge on any atom is -0.380 e. The largest absolute Gasteiger partial charge is 0.380 e. The number of rotatable bonds is 6. The van der Waals surface area contributed by atoms with Crippen molar-refractivity contribution in [2.24, 2.45) is 10.9 Å². The zero-order valence-electron chi connectivity index (χ0n) is 10.7. The molecule has 1 N–H and O–H groups in total. The molecule has 0 saturated heterocycles. The molecule has 90 valence electrons. The second-order valence-corrected chi connectivity index (χ2v) is 4.16. The van der Waals surface area contributed by atoms with Crippen molar-refractivity contribution in [1.82, 2.24) is 10.2 Å². The lowest BCUT2D eigenvalue weighted by molar-refractivity contribution is 0.127. The van der Waals surface area contributed by atoms with Gasteiger partial charge in [0.05, 0.1) is 6.61 Å². The van der Waals surface area contributed by atoms with Crippen molar-refractivity contribution < 1.29 is 4.74 Å². The molecule has 0 rings (SSSR count). The number of guanidine groups is 1. The molecule has 0 amide bonds. The first-order valence-electron chi connectivity index (χ1n) is 5.53. The van der Waals surface area contributed by atoms with Gasteiger partial charge in [-0.1, -0.05) is 13.8 Å². The van der Waals surface area contributed by atoms with E-state index in [1.807, 2.05) is 19.0 Å². The Bertz CT molecular complexity index is 179. The van der Waals surface area contributed by atoms with Crippen molar-refractivity contribution in [3.8, 4) is 0 Å². The molecule has 0 radical (unpaired) electrons. The Morgan fingerprint density at radius 1 is 1.33 bits per heavy atom. The number of hydrogen-bond donors (Lipinski definition) is 1. The third-order valence-corrected chi connectivity index (χ3v) is 2.00. The summed E-state index contributed by atoms with van der Waals surface area (Å²) in [7, 11) is 5.71. The molecular weight excluding hydrogens is 190 g/mol. The highest BCUT2D eigenvalue weighted by Gasteiger charge is 1.98. The maximum atomic E-state index is 5.48. The predicted octanol–water partition coefficient (Wildman–Crippen LogP) is 1.19. The summed E-state index contributed by atoms with van der Waals surface area (Å²) in [5.41, 5.74) is 0. The third-order valence-electron chi connectivity index (χ3n) is 2.00. The van der Waals surface area contributed by atoms with Gasteiger partial charge in [0, 0.05) is 34.3 Å². The van der Waals surface area contributed by atoms with Crippen LogP contribution in [-0.4, -0.2) is 51.8 Å². The summed E-state index contributed by atoms with van der Waals surface area (Å²) in [5, 5.41) is 3.21. The molecule has 0 spiro atoms. The van der Waals surface area contributed by atoms with E-state index in [-0.39, 0.29) is 0 Å². The van der Waals surface area contributed by atoms with Crippen LogP contribution in [0, 0.1) is 5.92 Å². The van der Waals surface area contributed by atoms with Gasteiger partial charge < -0.3 is 15.0 Å². The Labute approximate surface area is 93.7 Å². The van der Waals surface area contributed by atoms with Crippen LogP contribution in [0.3, 0.4) is 0 Å². The molecule has 0 fully saturated rings. The summed E-state index contributed by atoms with van der Waals surface area (Å²) in [6.45, 7) is 6.80. The Balaban J connectivity index is 3.38. The summed E-state index contributed by atoms with van der Waals surface area (Å²) in [4.78, 5) is 6.06. The van der Waals surface area contributed by atoms with E-state index in [2.05, 4.69) is 24.2 Å². The van der Waals surface area contributed by atoms with Crippen LogP contribution in [-0.2, 0) is 4.74 Å². The molecule has 15 heavy (non-hydrogen) atoms. The molecule has 0 aromatic carbocycles. The summed E-state index contributed by atoms with van der Waals surface area (Å²) in [5.74, 6) is 1.61. The zero-order valence-corrected chi connectivity index (χ0v) is 10.7. The van der Waals surface area contributed by atoms with Gasteiger partial charge in [-0.05, 0) is 12.3 Å². The lowest BCUT2D eigenvalue weighted by atomic mass is 10.1. The topological polar surface area (TPSA) is 36.9 Å². The van der Waals surface area contributed by atoms with Gasteiger partial charge in [0.25, 0.3) is 0 Å². The third kappa shape index (κ3) is 8.24. The van der Waals surface area contributed by atoms with Crippen molar-refractivity contribution in [3.05, 3.63) is 0 Å². The maximum absolute atomic E-state index is 5.48. The Kier molecular flexibility index (Phi) is 8.09. The second-order valence-electron chi connectivity index (χ2n) is 4.16. The SMILES string of the molecule is CN=C(NCCOCCC(C)C)N(C)C. The summed E-state index contributed by atoms with van der Waals surface area (Å²) < 4.78 is 5.48. The van der Waals surface area contributed by atoms with E-state index in [0.717, 1.165) is 32.1 Å². The average molecular weight is 215 g/mol. The Morgan fingerprint density at radius 3 is 2.47 bits per heavy atom. The monoisotopic (exact) mass is 215 g/mol. The molecule has 0 aliphatic heterocycles. The molecule has 0 aliphatic rings. The van der Waals surface area contributed by atoms with E-state index >= 15 is 0 Å². The van der Waals surface area contributed by atoms with Crippen molar-refractivity contribution in [1.29, 1.82) is 0 Å². The van der Waals surface area contributed by atoms with E-state index in [1.165, 1.54) is 0 Å².